The number of carbonyl (C=O) groups is 1. The fourth-order valence-electron chi connectivity index (χ4n) is 1.27. The van der Waals surface area contributed by atoms with Crippen LogP contribution in [0.3, 0.4) is 0 Å². The molecule has 1 aliphatic heterocycles. The van der Waals surface area contributed by atoms with E-state index in [1.165, 1.54) is 12.8 Å². The molecule has 0 aromatic rings. The standard InChI is InChI=1S/C8H16N2O/c1-9(2)8(11)7-10-5-3-4-6-10/h3-7H2,1-2H3. The normalized spacial score (nSPS) is 18.7. The SMILES string of the molecule is CN(C)C(=O)CN1CCCC1. The molecule has 3 nitrogen and oxygen atoms in total. The van der Waals surface area contributed by atoms with Crippen LogP contribution in [-0.4, -0.2) is 49.4 Å². The van der Waals surface area contributed by atoms with Crippen molar-refractivity contribution in [3.63, 3.8) is 0 Å². The van der Waals surface area contributed by atoms with Gasteiger partial charge in [-0.2, -0.15) is 0 Å². The van der Waals surface area contributed by atoms with Crippen LogP contribution >= 0.6 is 0 Å². The average Bonchev–Trinajstić information content (AvgIpc) is 2.39. The third-order valence-corrected chi connectivity index (χ3v) is 2.06. The number of likely N-dealkylation sites (N-methyl/N-ethyl adjacent to an activating group) is 1. The van der Waals surface area contributed by atoms with Gasteiger partial charge in [-0.15, -0.1) is 0 Å². The second kappa shape index (κ2) is 3.72. The van der Waals surface area contributed by atoms with Crippen LogP contribution < -0.4 is 0 Å². The Labute approximate surface area is 68.0 Å². The van der Waals surface area contributed by atoms with Gasteiger partial charge in [0, 0.05) is 14.1 Å². The van der Waals surface area contributed by atoms with E-state index in [2.05, 4.69) is 4.90 Å². The zero-order valence-electron chi connectivity index (χ0n) is 7.34. The van der Waals surface area contributed by atoms with Crippen molar-refractivity contribution in [2.75, 3.05) is 33.7 Å². The Hall–Kier alpha value is -0.570. The van der Waals surface area contributed by atoms with Gasteiger partial charge in [-0.05, 0) is 25.9 Å². The van der Waals surface area contributed by atoms with Gasteiger partial charge < -0.3 is 4.90 Å². The predicted octanol–water partition coefficient (Wildman–Crippen LogP) is 0.170. The van der Waals surface area contributed by atoms with Crippen molar-refractivity contribution >= 4 is 5.91 Å². The van der Waals surface area contributed by atoms with E-state index in [1.54, 1.807) is 19.0 Å². The molecule has 1 amide bonds. The van der Waals surface area contributed by atoms with E-state index in [4.69, 9.17) is 0 Å². The van der Waals surface area contributed by atoms with Crippen LogP contribution in [0.25, 0.3) is 0 Å². The molecule has 0 aromatic heterocycles. The summed E-state index contributed by atoms with van der Waals surface area (Å²) < 4.78 is 0. The Bertz CT molecular complexity index is 139. The van der Waals surface area contributed by atoms with E-state index in [-0.39, 0.29) is 5.91 Å². The zero-order chi connectivity index (χ0) is 8.27. The minimum absolute atomic E-state index is 0.215. The third kappa shape index (κ3) is 2.50. The lowest BCUT2D eigenvalue weighted by atomic mass is 10.4. The molecule has 0 bridgehead atoms. The van der Waals surface area contributed by atoms with Crippen LogP contribution in [0.2, 0.25) is 0 Å². The fraction of sp³-hybridized carbons (Fsp3) is 0.875. The molecule has 0 saturated carbocycles. The van der Waals surface area contributed by atoms with Crippen molar-refractivity contribution in [3.8, 4) is 0 Å². The smallest absolute Gasteiger partial charge is 0.236 e. The molecule has 0 aliphatic carbocycles. The van der Waals surface area contributed by atoms with Gasteiger partial charge in [-0.25, -0.2) is 0 Å². The average molecular weight is 156 g/mol. The summed E-state index contributed by atoms with van der Waals surface area (Å²) in [7, 11) is 3.61. The highest BCUT2D eigenvalue weighted by atomic mass is 16.2. The predicted molar refractivity (Wildman–Crippen MR) is 44.4 cm³/mol. The summed E-state index contributed by atoms with van der Waals surface area (Å²) in [5.41, 5.74) is 0. The van der Waals surface area contributed by atoms with Crippen molar-refractivity contribution in [1.29, 1.82) is 0 Å². The van der Waals surface area contributed by atoms with E-state index < -0.39 is 0 Å². The maximum absolute atomic E-state index is 11.2. The molecule has 0 spiro atoms. The van der Waals surface area contributed by atoms with E-state index >= 15 is 0 Å². The monoisotopic (exact) mass is 156 g/mol. The molecule has 1 saturated heterocycles. The van der Waals surface area contributed by atoms with Gasteiger partial charge >= 0.3 is 0 Å². The highest BCUT2D eigenvalue weighted by Crippen LogP contribution is 2.06. The van der Waals surface area contributed by atoms with Crippen LogP contribution in [0.5, 0.6) is 0 Å². The molecule has 11 heavy (non-hydrogen) atoms. The summed E-state index contributed by atoms with van der Waals surface area (Å²) in [5.74, 6) is 0.215. The number of rotatable bonds is 2. The van der Waals surface area contributed by atoms with Crippen molar-refractivity contribution < 1.29 is 4.79 Å². The first-order chi connectivity index (χ1) is 5.20. The van der Waals surface area contributed by atoms with E-state index in [0.29, 0.717) is 6.54 Å². The van der Waals surface area contributed by atoms with Gasteiger partial charge in [0.15, 0.2) is 0 Å². The van der Waals surface area contributed by atoms with Gasteiger partial charge in [0.2, 0.25) is 5.91 Å². The van der Waals surface area contributed by atoms with Gasteiger partial charge in [-0.1, -0.05) is 0 Å². The minimum atomic E-state index is 0.215. The Kier molecular flexibility index (Phi) is 2.88. The minimum Gasteiger partial charge on any atom is -0.348 e. The molecule has 1 aliphatic rings. The molecule has 1 rings (SSSR count). The van der Waals surface area contributed by atoms with E-state index in [1.807, 2.05) is 0 Å². The van der Waals surface area contributed by atoms with Crippen LogP contribution in [0, 0.1) is 0 Å². The van der Waals surface area contributed by atoms with Crippen molar-refractivity contribution in [2.45, 2.75) is 12.8 Å². The van der Waals surface area contributed by atoms with E-state index in [0.717, 1.165) is 13.1 Å². The molecule has 0 aromatic carbocycles. The second-order valence-electron chi connectivity index (χ2n) is 3.27. The fourth-order valence-corrected chi connectivity index (χ4v) is 1.27. The first-order valence-corrected chi connectivity index (χ1v) is 4.12. The third-order valence-electron chi connectivity index (χ3n) is 2.06. The molecule has 0 N–H and O–H groups in total. The molecule has 0 radical (unpaired) electrons. The maximum atomic E-state index is 11.2. The topological polar surface area (TPSA) is 23.6 Å². The molecular weight excluding hydrogens is 140 g/mol. The molecule has 3 heteroatoms. The first-order valence-electron chi connectivity index (χ1n) is 4.12. The van der Waals surface area contributed by atoms with Gasteiger partial charge in [-0.3, -0.25) is 9.69 Å². The lowest BCUT2D eigenvalue weighted by Crippen LogP contribution is -2.34. The number of hydrogen-bond donors (Lipinski definition) is 0. The van der Waals surface area contributed by atoms with Crippen molar-refractivity contribution in [1.82, 2.24) is 9.80 Å². The quantitative estimate of drug-likeness (QED) is 0.569. The second-order valence-corrected chi connectivity index (χ2v) is 3.27. The summed E-state index contributed by atoms with van der Waals surface area (Å²) >= 11 is 0. The van der Waals surface area contributed by atoms with Crippen LogP contribution in [0.4, 0.5) is 0 Å². The molecule has 1 heterocycles. The van der Waals surface area contributed by atoms with Gasteiger partial charge in [0.1, 0.15) is 0 Å². The van der Waals surface area contributed by atoms with Gasteiger partial charge in [0.25, 0.3) is 0 Å². The Morgan fingerprint density at radius 3 is 2.36 bits per heavy atom. The van der Waals surface area contributed by atoms with Crippen LogP contribution in [0.15, 0.2) is 0 Å². The number of carbonyl (C=O) groups excluding carboxylic acids is 1. The molecule has 0 atom stereocenters. The highest BCUT2D eigenvalue weighted by Gasteiger charge is 2.15. The van der Waals surface area contributed by atoms with Crippen LogP contribution in [-0.2, 0) is 4.79 Å². The molecule has 0 unspecified atom stereocenters. The summed E-state index contributed by atoms with van der Waals surface area (Å²) in [4.78, 5) is 15.0. The van der Waals surface area contributed by atoms with E-state index in [9.17, 15) is 4.79 Å². The Morgan fingerprint density at radius 1 is 1.36 bits per heavy atom. The summed E-state index contributed by atoms with van der Waals surface area (Å²) in [6.45, 7) is 2.80. The largest absolute Gasteiger partial charge is 0.348 e. The molecular formula is C8H16N2O. The van der Waals surface area contributed by atoms with Crippen LogP contribution in [0.1, 0.15) is 12.8 Å². The lowest BCUT2D eigenvalue weighted by Gasteiger charge is -2.17. The highest BCUT2D eigenvalue weighted by molar-refractivity contribution is 5.77. The van der Waals surface area contributed by atoms with Gasteiger partial charge in [0.05, 0.1) is 6.54 Å². The summed E-state index contributed by atoms with van der Waals surface area (Å²) in [5, 5.41) is 0. The summed E-state index contributed by atoms with van der Waals surface area (Å²) in [6, 6.07) is 0. The maximum Gasteiger partial charge on any atom is 0.236 e. The number of likely N-dealkylation sites (tertiary alicyclic amines) is 1. The Balaban J connectivity index is 2.24. The summed E-state index contributed by atoms with van der Waals surface area (Å²) in [6.07, 6.45) is 2.50. The molecule has 1 fully saturated rings. The molecule has 64 valence electrons. The first kappa shape index (κ1) is 8.53. The Morgan fingerprint density at radius 2 is 1.91 bits per heavy atom. The number of nitrogens with zero attached hydrogens (tertiary/aromatic N) is 2. The van der Waals surface area contributed by atoms with Crippen molar-refractivity contribution in [3.05, 3.63) is 0 Å². The van der Waals surface area contributed by atoms with Crippen molar-refractivity contribution in [2.24, 2.45) is 0 Å². The number of hydrogen-bond acceptors (Lipinski definition) is 2. The number of amides is 1. The zero-order valence-corrected chi connectivity index (χ0v) is 7.34. The lowest BCUT2D eigenvalue weighted by molar-refractivity contribution is -0.129.